The third kappa shape index (κ3) is 8.56. The molecule has 0 radical (unpaired) electrons. The first-order valence-corrected chi connectivity index (χ1v) is 10.6. The predicted octanol–water partition coefficient (Wildman–Crippen LogP) is 4.11. The zero-order chi connectivity index (χ0) is 20.2. The van der Waals surface area contributed by atoms with Crippen molar-refractivity contribution in [2.45, 2.75) is 90.6 Å². The van der Waals surface area contributed by atoms with Crippen molar-refractivity contribution in [2.24, 2.45) is 17.8 Å². The topological polar surface area (TPSA) is 94.8 Å². The minimum atomic E-state index is -0.674. The van der Waals surface area contributed by atoms with Crippen molar-refractivity contribution in [3.05, 3.63) is 11.8 Å². The lowest BCUT2D eigenvalue weighted by Crippen LogP contribution is -2.19. The Morgan fingerprint density at radius 1 is 1.22 bits per heavy atom. The van der Waals surface area contributed by atoms with Gasteiger partial charge >= 0.3 is 0 Å². The second-order valence-electron chi connectivity index (χ2n) is 8.09. The van der Waals surface area contributed by atoms with E-state index in [-0.39, 0.29) is 17.8 Å². The Bertz CT molecular complexity index is 485. The highest BCUT2D eigenvalue weighted by Crippen LogP contribution is 2.36. The monoisotopic (exact) mass is 382 g/mol. The molecule has 1 aliphatic rings. The Kier molecular flexibility index (Phi) is 11.5. The van der Waals surface area contributed by atoms with Gasteiger partial charge in [-0.25, -0.2) is 0 Å². The van der Waals surface area contributed by atoms with Crippen LogP contribution in [-0.2, 0) is 9.59 Å². The quantitative estimate of drug-likeness (QED) is 0.239. The minimum absolute atomic E-state index is 0.131. The number of aliphatic hydroxyl groups is 3. The van der Waals surface area contributed by atoms with Gasteiger partial charge in [-0.3, -0.25) is 9.59 Å². The van der Waals surface area contributed by atoms with Crippen molar-refractivity contribution in [1.82, 2.24) is 0 Å². The van der Waals surface area contributed by atoms with E-state index in [0.29, 0.717) is 30.5 Å². The molecule has 3 N–H and O–H groups in total. The fraction of sp³-hybridized carbons (Fsp3) is 0.818. The number of carbonyl (C=O) groups is 2. The summed E-state index contributed by atoms with van der Waals surface area (Å²) in [6, 6.07) is 0. The zero-order valence-corrected chi connectivity index (χ0v) is 17.0. The molecule has 4 atom stereocenters. The number of aliphatic hydroxyl groups excluding tert-OH is 3. The van der Waals surface area contributed by atoms with Gasteiger partial charge in [0.15, 0.2) is 5.76 Å². The summed E-state index contributed by atoms with van der Waals surface area (Å²) in [7, 11) is 0. The minimum Gasteiger partial charge on any atom is -0.505 e. The summed E-state index contributed by atoms with van der Waals surface area (Å²) in [4.78, 5) is 23.3. The van der Waals surface area contributed by atoms with Gasteiger partial charge in [0, 0.05) is 12.3 Å². The number of unbranched alkanes of at least 4 members (excludes halogenated alkanes) is 2. The SMILES string of the molecule is CCCC(C)C(O)CCC[C@H]1CCC(=O)[C@@H]1CCCCC=C(O)C(=O)CO. The summed E-state index contributed by atoms with van der Waals surface area (Å²) in [5.74, 6) is 0.254. The summed E-state index contributed by atoms with van der Waals surface area (Å²) < 4.78 is 0. The maximum atomic E-state index is 12.2. The molecular weight excluding hydrogens is 344 g/mol. The average Bonchev–Trinajstić information content (AvgIpc) is 3.00. The number of hydrogen-bond donors (Lipinski definition) is 3. The maximum Gasteiger partial charge on any atom is 0.221 e. The number of carbonyl (C=O) groups excluding carboxylic acids is 2. The van der Waals surface area contributed by atoms with Gasteiger partial charge in [0.05, 0.1) is 6.10 Å². The van der Waals surface area contributed by atoms with E-state index < -0.39 is 12.4 Å². The Balaban J connectivity index is 2.30. The van der Waals surface area contributed by atoms with Gasteiger partial charge in [0.2, 0.25) is 5.78 Å². The Labute approximate surface area is 163 Å². The summed E-state index contributed by atoms with van der Waals surface area (Å²) in [6.45, 7) is 3.57. The molecule has 2 unspecified atom stereocenters. The molecule has 0 saturated heterocycles. The third-order valence-electron chi connectivity index (χ3n) is 5.96. The van der Waals surface area contributed by atoms with Crippen molar-refractivity contribution in [3.8, 4) is 0 Å². The van der Waals surface area contributed by atoms with E-state index in [9.17, 15) is 19.8 Å². The molecule has 1 fully saturated rings. The second-order valence-corrected chi connectivity index (χ2v) is 8.09. The molecule has 0 aromatic carbocycles. The molecule has 1 rings (SSSR count). The van der Waals surface area contributed by atoms with E-state index >= 15 is 0 Å². The van der Waals surface area contributed by atoms with Gasteiger partial charge in [-0.05, 0) is 62.9 Å². The van der Waals surface area contributed by atoms with Crippen LogP contribution >= 0.6 is 0 Å². The van der Waals surface area contributed by atoms with Crippen LogP contribution in [0.4, 0.5) is 0 Å². The standard InChI is InChI=1S/C22H38O5/c1-3-8-16(2)19(24)12-7-9-17-13-14-20(25)18(17)10-5-4-6-11-21(26)22(27)15-23/h11,16-19,23-24,26H,3-10,12-15H2,1-2H3/t16?,17-,18+,19?/m0/s1. The lowest BCUT2D eigenvalue weighted by molar-refractivity contribution is -0.121. The summed E-state index contributed by atoms with van der Waals surface area (Å²) >= 11 is 0. The highest BCUT2D eigenvalue weighted by Gasteiger charge is 2.33. The lowest BCUT2D eigenvalue weighted by Gasteiger charge is -2.21. The molecule has 5 heteroatoms. The fourth-order valence-electron chi connectivity index (χ4n) is 4.18. The van der Waals surface area contributed by atoms with Crippen LogP contribution in [0.5, 0.6) is 0 Å². The van der Waals surface area contributed by atoms with Crippen molar-refractivity contribution in [1.29, 1.82) is 0 Å². The molecule has 5 nitrogen and oxygen atoms in total. The molecule has 1 saturated carbocycles. The van der Waals surface area contributed by atoms with Crippen molar-refractivity contribution >= 4 is 11.6 Å². The van der Waals surface area contributed by atoms with Crippen LogP contribution in [0.25, 0.3) is 0 Å². The fourth-order valence-corrected chi connectivity index (χ4v) is 4.18. The Morgan fingerprint density at radius 3 is 2.63 bits per heavy atom. The number of allylic oxidation sites excluding steroid dienone is 1. The first kappa shape index (κ1) is 23.8. The molecule has 1 aliphatic carbocycles. The number of hydrogen-bond acceptors (Lipinski definition) is 5. The summed E-state index contributed by atoms with van der Waals surface area (Å²) in [6.07, 6.45) is 11.0. The predicted molar refractivity (Wildman–Crippen MR) is 106 cm³/mol. The van der Waals surface area contributed by atoms with Crippen LogP contribution < -0.4 is 0 Å². The van der Waals surface area contributed by atoms with Gasteiger partial charge < -0.3 is 15.3 Å². The summed E-state index contributed by atoms with van der Waals surface area (Å²) in [5.41, 5.74) is 0. The van der Waals surface area contributed by atoms with Gasteiger partial charge in [-0.15, -0.1) is 0 Å². The van der Waals surface area contributed by atoms with Crippen molar-refractivity contribution in [2.75, 3.05) is 6.61 Å². The van der Waals surface area contributed by atoms with E-state index in [1.165, 1.54) is 6.08 Å². The molecule has 0 heterocycles. The number of ketones is 2. The molecule has 0 aromatic heterocycles. The Morgan fingerprint density at radius 2 is 1.96 bits per heavy atom. The van der Waals surface area contributed by atoms with Crippen LogP contribution in [0.15, 0.2) is 11.8 Å². The number of Topliss-reactive ketones (excluding diaryl/α,β-unsaturated/α-hetero) is 2. The highest BCUT2D eigenvalue weighted by molar-refractivity contribution is 5.93. The van der Waals surface area contributed by atoms with Crippen LogP contribution in [0, 0.1) is 17.8 Å². The first-order valence-electron chi connectivity index (χ1n) is 10.6. The smallest absolute Gasteiger partial charge is 0.221 e. The molecule has 27 heavy (non-hydrogen) atoms. The average molecular weight is 383 g/mol. The molecule has 0 bridgehead atoms. The third-order valence-corrected chi connectivity index (χ3v) is 5.96. The molecule has 0 aliphatic heterocycles. The molecule has 0 spiro atoms. The zero-order valence-electron chi connectivity index (χ0n) is 17.0. The van der Waals surface area contributed by atoms with E-state index in [1.54, 1.807) is 0 Å². The molecular formula is C22H38O5. The van der Waals surface area contributed by atoms with E-state index in [4.69, 9.17) is 5.11 Å². The molecule has 0 amide bonds. The van der Waals surface area contributed by atoms with Gasteiger partial charge in [0.1, 0.15) is 12.4 Å². The highest BCUT2D eigenvalue weighted by atomic mass is 16.3. The van der Waals surface area contributed by atoms with E-state index in [1.807, 2.05) is 0 Å². The normalized spacial score (nSPS) is 22.8. The Hall–Kier alpha value is -1.20. The second kappa shape index (κ2) is 13.1. The van der Waals surface area contributed by atoms with Crippen LogP contribution in [0.1, 0.15) is 84.5 Å². The van der Waals surface area contributed by atoms with Gasteiger partial charge in [0.25, 0.3) is 0 Å². The van der Waals surface area contributed by atoms with Gasteiger partial charge in [-0.1, -0.05) is 33.1 Å². The van der Waals surface area contributed by atoms with Gasteiger partial charge in [-0.2, -0.15) is 0 Å². The van der Waals surface area contributed by atoms with Crippen molar-refractivity contribution in [3.63, 3.8) is 0 Å². The first-order chi connectivity index (χ1) is 12.9. The largest absolute Gasteiger partial charge is 0.505 e. The van der Waals surface area contributed by atoms with E-state index in [0.717, 1.165) is 57.8 Å². The summed E-state index contributed by atoms with van der Waals surface area (Å²) in [5, 5.41) is 28.3. The molecule has 156 valence electrons. The maximum absolute atomic E-state index is 12.2. The van der Waals surface area contributed by atoms with Crippen LogP contribution in [0.3, 0.4) is 0 Å². The lowest BCUT2D eigenvalue weighted by atomic mass is 9.85. The van der Waals surface area contributed by atoms with E-state index in [2.05, 4.69) is 13.8 Å². The number of rotatable bonds is 14. The molecule has 0 aromatic rings. The van der Waals surface area contributed by atoms with Crippen LogP contribution in [0.2, 0.25) is 0 Å². The van der Waals surface area contributed by atoms with Crippen molar-refractivity contribution < 1.29 is 24.9 Å². The van der Waals surface area contributed by atoms with Crippen LogP contribution in [-0.4, -0.2) is 39.6 Å².